The van der Waals surface area contributed by atoms with Gasteiger partial charge in [0.15, 0.2) is 0 Å². The fourth-order valence-electron chi connectivity index (χ4n) is 2.61. The van der Waals surface area contributed by atoms with E-state index in [1.54, 1.807) is 17.0 Å². The minimum absolute atomic E-state index is 0.00501. The van der Waals surface area contributed by atoms with Gasteiger partial charge in [-0.3, -0.25) is 14.9 Å². The van der Waals surface area contributed by atoms with Gasteiger partial charge in [0.2, 0.25) is 0 Å². The van der Waals surface area contributed by atoms with Gasteiger partial charge in [0, 0.05) is 25.2 Å². The highest BCUT2D eigenvalue weighted by molar-refractivity contribution is 5.73. The molecule has 0 spiro atoms. The highest BCUT2D eigenvalue weighted by Crippen LogP contribution is 2.21. The normalized spacial score (nSPS) is 15.4. The number of rotatable bonds is 4. The van der Waals surface area contributed by atoms with Crippen LogP contribution in [0.2, 0.25) is 0 Å². The zero-order chi connectivity index (χ0) is 19.3. The Kier molecular flexibility index (Phi) is 6.18. The lowest BCUT2D eigenvalue weighted by atomic mass is 9.97. The third kappa shape index (κ3) is 5.72. The first-order chi connectivity index (χ1) is 12.2. The van der Waals surface area contributed by atoms with Gasteiger partial charge in [0.1, 0.15) is 12.2 Å². The average molecular weight is 364 g/mol. The number of carbonyl (C=O) groups is 2. The van der Waals surface area contributed by atoms with E-state index in [2.05, 4.69) is 0 Å². The molecule has 0 N–H and O–H groups in total. The molecule has 8 nitrogen and oxygen atoms in total. The minimum atomic E-state index is -0.544. The van der Waals surface area contributed by atoms with Gasteiger partial charge in [-0.1, -0.05) is 0 Å². The van der Waals surface area contributed by atoms with Crippen molar-refractivity contribution in [2.45, 2.75) is 45.8 Å². The summed E-state index contributed by atoms with van der Waals surface area (Å²) in [4.78, 5) is 35.9. The quantitative estimate of drug-likeness (QED) is 0.462. The fraction of sp³-hybridized carbons (Fsp3) is 0.556. The molecular weight excluding hydrogens is 340 g/mol. The third-order valence-electron chi connectivity index (χ3n) is 4.01. The van der Waals surface area contributed by atoms with E-state index in [-0.39, 0.29) is 30.3 Å². The highest BCUT2D eigenvalue weighted by Gasteiger charge is 2.30. The van der Waals surface area contributed by atoms with Crippen molar-refractivity contribution in [1.82, 2.24) is 4.90 Å². The standard InChI is InChI=1S/C18H24N2O6/c1-18(2,3)26-17(22)19-10-8-14(9-11-19)16(21)25-12-13-4-6-15(7-5-13)20(23)24/h4-7,14H,8-12H2,1-3H3. The Labute approximate surface area is 152 Å². The zero-order valence-electron chi connectivity index (χ0n) is 15.3. The maximum atomic E-state index is 12.2. The van der Waals surface area contributed by atoms with E-state index in [4.69, 9.17) is 9.47 Å². The summed E-state index contributed by atoms with van der Waals surface area (Å²) in [5.74, 6) is -0.570. The molecule has 0 aliphatic carbocycles. The number of esters is 1. The van der Waals surface area contributed by atoms with Crippen LogP contribution in [0, 0.1) is 16.0 Å². The molecule has 1 aliphatic heterocycles. The molecule has 26 heavy (non-hydrogen) atoms. The van der Waals surface area contributed by atoms with Gasteiger partial charge >= 0.3 is 12.1 Å². The smallest absolute Gasteiger partial charge is 0.410 e. The van der Waals surface area contributed by atoms with Gasteiger partial charge in [0.25, 0.3) is 5.69 Å². The first kappa shape index (κ1) is 19.7. The lowest BCUT2D eigenvalue weighted by molar-refractivity contribution is -0.384. The van der Waals surface area contributed by atoms with Crippen LogP contribution in [0.1, 0.15) is 39.2 Å². The molecule has 0 saturated carbocycles. The van der Waals surface area contributed by atoms with Gasteiger partial charge in [-0.2, -0.15) is 0 Å². The predicted octanol–water partition coefficient (Wildman–Crippen LogP) is 3.29. The minimum Gasteiger partial charge on any atom is -0.461 e. The Morgan fingerprint density at radius 2 is 1.77 bits per heavy atom. The van der Waals surface area contributed by atoms with E-state index in [0.717, 1.165) is 0 Å². The van der Waals surface area contributed by atoms with Crippen LogP contribution in [0.5, 0.6) is 0 Å². The number of nitrogens with zero attached hydrogens (tertiary/aromatic N) is 2. The first-order valence-corrected chi connectivity index (χ1v) is 8.53. The molecule has 0 atom stereocenters. The van der Waals surface area contributed by atoms with Gasteiger partial charge in [-0.25, -0.2) is 4.79 Å². The van der Waals surface area contributed by atoms with Crippen LogP contribution < -0.4 is 0 Å². The van der Waals surface area contributed by atoms with E-state index >= 15 is 0 Å². The van der Waals surface area contributed by atoms with E-state index in [1.165, 1.54) is 12.1 Å². The number of non-ortho nitro benzene ring substituents is 1. The second-order valence-electron chi connectivity index (χ2n) is 7.27. The SMILES string of the molecule is CC(C)(C)OC(=O)N1CCC(C(=O)OCc2ccc([N+](=O)[O-])cc2)CC1. The van der Waals surface area contributed by atoms with Crippen LogP contribution in [-0.4, -0.2) is 40.6 Å². The molecule has 0 aromatic heterocycles. The Balaban J connectivity index is 1.77. The number of nitro groups is 1. The summed E-state index contributed by atoms with van der Waals surface area (Å²) in [5, 5.41) is 10.6. The van der Waals surface area contributed by atoms with E-state index in [1.807, 2.05) is 20.8 Å². The Hall–Kier alpha value is -2.64. The molecule has 2 rings (SSSR count). The molecule has 1 aromatic rings. The molecule has 1 heterocycles. The number of piperidine rings is 1. The molecule has 1 saturated heterocycles. The van der Waals surface area contributed by atoms with E-state index in [0.29, 0.717) is 31.5 Å². The van der Waals surface area contributed by atoms with Crippen LogP contribution >= 0.6 is 0 Å². The highest BCUT2D eigenvalue weighted by atomic mass is 16.6. The van der Waals surface area contributed by atoms with Crippen molar-refractivity contribution in [3.8, 4) is 0 Å². The van der Waals surface area contributed by atoms with E-state index in [9.17, 15) is 19.7 Å². The molecule has 8 heteroatoms. The Bertz CT molecular complexity index is 657. The van der Waals surface area contributed by atoms with Crippen molar-refractivity contribution < 1.29 is 24.0 Å². The maximum Gasteiger partial charge on any atom is 0.410 e. The van der Waals surface area contributed by atoms with Crippen molar-refractivity contribution in [3.63, 3.8) is 0 Å². The van der Waals surface area contributed by atoms with Gasteiger partial charge < -0.3 is 14.4 Å². The predicted molar refractivity (Wildman–Crippen MR) is 93.4 cm³/mol. The van der Waals surface area contributed by atoms with E-state index < -0.39 is 10.5 Å². The van der Waals surface area contributed by atoms with Gasteiger partial charge in [0.05, 0.1) is 10.8 Å². The van der Waals surface area contributed by atoms with Gasteiger partial charge in [-0.05, 0) is 51.3 Å². The van der Waals surface area contributed by atoms with Gasteiger partial charge in [-0.15, -0.1) is 0 Å². The van der Waals surface area contributed by atoms with Crippen LogP contribution in [0.15, 0.2) is 24.3 Å². The number of carbonyl (C=O) groups excluding carboxylic acids is 2. The Morgan fingerprint density at radius 3 is 2.27 bits per heavy atom. The number of ether oxygens (including phenoxy) is 2. The molecular formula is C18H24N2O6. The number of nitro benzene ring substituents is 1. The van der Waals surface area contributed by atoms with Crippen molar-refractivity contribution >= 4 is 17.7 Å². The van der Waals surface area contributed by atoms with Crippen LogP contribution in [0.3, 0.4) is 0 Å². The fourth-order valence-corrected chi connectivity index (χ4v) is 2.61. The average Bonchev–Trinajstić information content (AvgIpc) is 2.58. The lowest BCUT2D eigenvalue weighted by Gasteiger charge is -2.32. The largest absolute Gasteiger partial charge is 0.461 e. The maximum absolute atomic E-state index is 12.2. The monoisotopic (exact) mass is 364 g/mol. The zero-order valence-corrected chi connectivity index (χ0v) is 15.3. The summed E-state index contributed by atoms with van der Waals surface area (Å²) < 4.78 is 10.6. The molecule has 142 valence electrons. The molecule has 0 unspecified atom stereocenters. The van der Waals surface area contributed by atoms with Crippen molar-refractivity contribution in [2.24, 2.45) is 5.92 Å². The van der Waals surface area contributed by atoms with Crippen molar-refractivity contribution in [3.05, 3.63) is 39.9 Å². The number of hydrogen-bond acceptors (Lipinski definition) is 6. The molecule has 1 aromatic carbocycles. The van der Waals surface area contributed by atoms with Crippen molar-refractivity contribution in [2.75, 3.05) is 13.1 Å². The topological polar surface area (TPSA) is 99.0 Å². The lowest BCUT2D eigenvalue weighted by Crippen LogP contribution is -2.43. The number of likely N-dealkylation sites (tertiary alicyclic amines) is 1. The molecule has 0 radical (unpaired) electrons. The van der Waals surface area contributed by atoms with Crippen LogP contribution in [-0.2, 0) is 20.9 Å². The summed E-state index contributed by atoms with van der Waals surface area (Å²) in [5.41, 5.74) is 0.141. The Morgan fingerprint density at radius 1 is 1.19 bits per heavy atom. The first-order valence-electron chi connectivity index (χ1n) is 8.53. The third-order valence-corrected chi connectivity index (χ3v) is 4.01. The summed E-state index contributed by atoms with van der Waals surface area (Å²) in [6.07, 6.45) is 0.687. The molecule has 1 fully saturated rings. The summed E-state index contributed by atoms with van der Waals surface area (Å²) in [6.45, 7) is 6.41. The van der Waals surface area contributed by atoms with Crippen LogP contribution in [0.25, 0.3) is 0 Å². The second kappa shape index (κ2) is 8.16. The second-order valence-corrected chi connectivity index (χ2v) is 7.27. The van der Waals surface area contributed by atoms with Crippen LogP contribution in [0.4, 0.5) is 10.5 Å². The number of amides is 1. The summed E-state index contributed by atoms with van der Waals surface area (Å²) in [6, 6.07) is 5.89. The molecule has 0 bridgehead atoms. The van der Waals surface area contributed by atoms with Crippen molar-refractivity contribution in [1.29, 1.82) is 0 Å². The summed E-state index contributed by atoms with van der Waals surface area (Å²) in [7, 11) is 0. The molecule has 1 amide bonds. The number of hydrogen-bond donors (Lipinski definition) is 0. The number of benzene rings is 1. The molecule has 1 aliphatic rings. The summed E-state index contributed by atoms with van der Waals surface area (Å²) >= 11 is 0.